The molecule has 0 radical (unpaired) electrons. The molecule has 13 nitrogen and oxygen atoms in total. The number of cyclic esters (lactones) is 1. The van der Waals surface area contributed by atoms with E-state index in [2.05, 4.69) is 5.32 Å². The van der Waals surface area contributed by atoms with Crippen molar-refractivity contribution in [2.75, 3.05) is 14.2 Å². The standard InChI is InChI=1S/C36H63NO12/c1-13-24(38)36(10,42)31-19(4)27-17(2)15-35(9,49-27)30(48-33-26(39)23(37-11)14-18(3)44-33)20(5)28(21(6)32(41)47-31)46-25-16-34(8,43-12)29(40)22(7)45-25/h18-26,28-31,33,37-40,42H,13-16H2,1-12H3/t18-,19-,20+,21-,22+,23+,24-,25?,26-,28+,29+,30-,31+,33+,34-,35-,36-/m1/s1. The third-order valence-corrected chi connectivity index (χ3v) is 11.7. The normalized spacial score (nSPS) is 47.1. The molecule has 0 aromatic heterocycles. The quantitative estimate of drug-likeness (QED) is 0.222. The van der Waals surface area contributed by atoms with E-state index in [9.17, 15) is 25.2 Å². The number of aliphatic hydroxyl groups is 4. The van der Waals surface area contributed by atoms with Gasteiger partial charge in [-0.25, -0.2) is 0 Å². The van der Waals surface area contributed by atoms with Crippen LogP contribution in [0.15, 0.2) is 11.3 Å². The zero-order valence-electron chi connectivity index (χ0n) is 31.5. The predicted molar refractivity (Wildman–Crippen MR) is 179 cm³/mol. The third kappa shape index (κ3) is 7.86. The molecule has 0 amide bonds. The summed E-state index contributed by atoms with van der Waals surface area (Å²) < 4.78 is 44.6. The molecule has 13 heteroatoms. The molecular weight excluding hydrogens is 638 g/mol. The molecule has 5 N–H and O–H groups in total. The Kier molecular flexibility index (Phi) is 12.6. The number of methoxy groups -OCH3 is 1. The topological polar surface area (TPSA) is 175 Å². The van der Waals surface area contributed by atoms with Crippen molar-refractivity contribution in [1.29, 1.82) is 0 Å². The summed E-state index contributed by atoms with van der Waals surface area (Å²) in [5, 5.41) is 48.1. The van der Waals surface area contributed by atoms with Crippen LogP contribution >= 0.6 is 0 Å². The molecule has 0 saturated carbocycles. The molecule has 2 bridgehead atoms. The number of esters is 1. The van der Waals surface area contributed by atoms with Gasteiger partial charge in [-0.3, -0.25) is 4.79 Å². The van der Waals surface area contributed by atoms with E-state index in [4.69, 9.17) is 33.2 Å². The summed E-state index contributed by atoms with van der Waals surface area (Å²) >= 11 is 0. The lowest BCUT2D eigenvalue weighted by Gasteiger charge is -2.48. The first-order valence-electron chi connectivity index (χ1n) is 17.9. The highest BCUT2D eigenvalue weighted by Crippen LogP contribution is 2.48. The minimum absolute atomic E-state index is 0.174. The Balaban J connectivity index is 1.82. The van der Waals surface area contributed by atoms with Crippen LogP contribution in [0.3, 0.4) is 0 Å². The highest BCUT2D eigenvalue weighted by molar-refractivity contribution is 5.73. The van der Waals surface area contributed by atoms with Gasteiger partial charge in [0.15, 0.2) is 12.6 Å². The molecule has 0 spiro atoms. The Hall–Kier alpha value is -1.39. The smallest absolute Gasteiger partial charge is 0.311 e. The van der Waals surface area contributed by atoms with Gasteiger partial charge in [-0.05, 0) is 73.9 Å². The first kappa shape index (κ1) is 40.4. The Bertz CT molecular complexity index is 1180. The maximum Gasteiger partial charge on any atom is 0.311 e. The molecule has 1 unspecified atom stereocenters. The van der Waals surface area contributed by atoms with Gasteiger partial charge >= 0.3 is 5.97 Å². The summed E-state index contributed by atoms with van der Waals surface area (Å²) in [4.78, 5) is 14.2. The number of likely N-dealkylation sites (N-methyl/N-ethyl adjacent to an activating group) is 1. The third-order valence-electron chi connectivity index (χ3n) is 11.7. The average Bonchev–Trinajstić information content (AvgIpc) is 3.37. The molecule has 4 aliphatic rings. The van der Waals surface area contributed by atoms with Crippen molar-refractivity contribution in [3.63, 3.8) is 0 Å². The molecule has 284 valence electrons. The van der Waals surface area contributed by atoms with E-state index in [0.717, 1.165) is 5.57 Å². The fraction of sp³-hybridized carbons (Fsp3) is 0.917. The summed E-state index contributed by atoms with van der Waals surface area (Å²) in [5.74, 6) is -2.26. The second-order valence-corrected chi connectivity index (χ2v) is 15.7. The summed E-state index contributed by atoms with van der Waals surface area (Å²) in [7, 11) is 3.31. The van der Waals surface area contributed by atoms with Gasteiger partial charge in [-0.15, -0.1) is 0 Å². The van der Waals surface area contributed by atoms with Gasteiger partial charge in [0.25, 0.3) is 0 Å². The zero-order valence-corrected chi connectivity index (χ0v) is 31.5. The van der Waals surface area contributed by atoms with Crippen LogP contribution in [0, 0.1) is 17.8 Å². The van der Waals surface area contributed by atoms with E-state index < -0.39 is 95.8 Å². The van der Waals surface area contributed by atoms with Gasteiger partial charge in [0.2, 0.25) is 0 Å². The molecule has 17 atom stereocenters. The average molecular weight is 702 g/mol. The van der Waals surface area contributed by atoms with Crippen LogP contribution in [0.25, 0.3) is 0 Å². The zero-order chi connectivity index (χ0) is 36.8. The van der Waals surface area contributed by atoms with Crippen molar-refractivity contribution in [3.05, 3.63) is 11.3 Å². The van der Waals surface area contributed by atoms with Crippen molar-refractivity contribution in [3.8, 4) is 0 Å². The minimum Gasteiger partial charge on any atom is -0.488 e. The first-order chi connectivity index (χ1) is 22.7. The number of hydrogen-bond donors (Lipinski definition) is 5. The number of rotatable bonds is 9. The van der Waals surface area contributed by atoms with Crippen LogP contribution in [-0.2, 0) is 38.0 Å². The number of ether oxygens (including phenoxy) is 7. The molecule has 4 heterocycles. The van der Waals surface area contributed by atoms with Gasteiger partial charge in [0.1, 0.15) is 41.4 Å². The molecule has 0 aliphatic carbocycles. The van der Waals surface area contributed by atoms with E-state index in [1.54, 1.807) is 34.7 Å². The van der Waals surface area contributed by atoms with E-state index in [-0.39, 0.29) is 25.0 Å². The lowest BCUT2D eigenvalue weighted by molar-refractivity contribution is -0.314. The lowest BCUT2D eigenvalue weighted by Crippen LogP contribution is -2.60. The van der Waals surface area contributed by atoms with Crippen molar-refractivity contribution >= 4 is 5.97 Å². The number of nitrogens with one attached hydrogen (secondary N) is 1. The summed E-state index contributed by atoms with van der Waals surface area (Å²) in [5.41, 5.74) is -2.95. The highest BCUT2D eigenvalue weighted by atomic mass is 16.7. The van der Waals surface area contributed by atoms with Crippen molar-refractivity contribution in [1.82, 2.24) is 5.32 Å². The fourth-order valence-corrected chi connectivity index (χ4v) is 8.52. The fourth-order valence-electron chi connectivity index (χ4n) is 8.52. The van der Waals surface area contributed by atoms with Gasteiger partial charge in [-0.1, -0.05) is 20.8 Å². The molecule has 3 saturated heterocycles. The van der Waals surface area contributed by atoms with Crippen LogP contribution in [0.1, 0.15) is 94.9 Å². The van der Waals surface area contributed by atoms with Gasteiger partial charge in [0, 0.05) is 31.9 Å². The van der Waals surface area contributed by atoms with Crippen molar-refractivity contribution in [2.45, 2.75) is 179 Å². The minimum atomic E-state index is -1.82. The summed E-state index contributed by atoms with van der Waals surface area (Å²) in [6, 6.07) is -0.274. The second kappa shape index (κ2) is 15.3. The monoisotopic (exact) mass is 701 g/mol. The van der Waals surface area contributed by atoms with E-state index >= 15 is 0 Å². The van der Waals surface area contributed by atoms with Crippen LogP contribution in [0.5, 0.6) is 0 Å². The second-order valence-electron chi connectivity index (χ2n) is 15.7. The molecule has 4 aliphatic heterocycles. The van der Waals surface area contributed by atoms with Crippen molar-refractivity contribution < 1.29 is 58.4 Å². The largest absolute Gasteiger partial charge is 0.488 e. The van der Waals surface area contributed by atoms with E-state index in [1.807, 2.05) is 34.6 Å². The molecule has 49 heavy (non-hydrogen) atoms. The Labute approximate surface area is 291 Å². The van der Waals surface area contributed by atoms with Gasteiger partial charge in [0.05, 0.1) is 41.9 Å². The number of carbonyl (C=O) groups excluding carboxylic acids is 1. The SMILES string of the molecule is CC[C@@H](O)[C@@](C)(O)[C@H]1OC(=O)[C@H](C)[C@@H](OC2C[C@@](C)(OC)[C@@H](O)[C@H](C)O2)[C@H](C)[C@@H](O[C@@H]2O[C@H](C)C[C@H](NC)[C@H]2O)[C@@]2(C)CC(C)=C(O2)[C@H]1C. The van der Waals surface area contributed by atoms with E-state index in [1.165, 1.54) is 14.0 Å². The summed E-state index contributed by atoms with van der Waals surface area (Å²) in [6.45, 7) is 17.9. The van der Waals surface area contributed by atoms with Crippen LogP contribution in [0.2, 0.25) is 0 Å². The number of aliphatic hydroxyl groups excluding tert-OH is 3. The number of hydrogen-bond acceptors (Lipinski definition) is 13. The summed E-state index contributed by atoms with van der Waals surface area (Å²) in [6.07, 6.45) is -7.29. The predicted octanol–water partition coefficient (Wildman–Crippen LogP) is 2.55. The number of fused-ring (bicyclic) bond motifs is 2. The molecule has 0 aromatic carbocycles. The highest BCUT2D eigenvalue weighted by Gasteiger charge is 2.56. The van der Waals surface area contributed by atoms with Crippen molar-refractivity contribution in [2.24, 2.45) is 17.8 Å². The van der Waals surface area contributed by atoms with Crippen LogP contribution < -0.4 is 5.32 Å². The maximum absolute atomic E-state index is 14.2. The first-order valence-corrected chi connectivity index (χ1v) is 17.9. The van der Waals surface area contributed by atoms with Crippen LogP contribution in [0.4, 0.5) is 0 Å². The molecular formula is C36H63NO12. The van der Waals surface area contributed by atoms with Gasteiger partial charge < -0.3 is 58.9 Å². The Morgan fingerprint density at radius 2 is 1.73 bits per heavy atom. The number of carbonyl (C=O) groups is 1. The van der Waals surface area contributed by atoms with Crippen LogP contribution in [-0.4, -0.2) is 125 Å². The Morgan fingerprint density at radius 1 is 1.08 bits per heavy atom. The molecule has 4 rings (SSSR count). The lowest BCUT2D eigenvalue weighted by atomic mass is 9.78. The maximum atomic E-state index is 14.2. The van der Waals surface area contributed by atoms with Gasteiger partial charge in [-0.2, -0.15) is 0 Å². The molecule has 3 fully saturated rings. The molecule has 0 aromatic rings. The van der Waals surface area contributed by atoms with E-state index in [0.29, 0.717) is 18.6 Å². The Morgan fingerprint density at radius 3 is 2.33 bits per heavy atom.